The van der Waals surface area contributed by atoms with Gasteiger partial charge in [-0.15, -0.1) is 12.3 Å². The molecular formula is C13H20O4. The first-order chi connectivity index (χ1) is 8.22. The number of hydrogen-bond acceptors (Lipinski definition) is 4. The molecule has 4 atom stereocenters. The number of ether oxygens (including phenoxy) is 2. The molecule has 4 unspecified atom stereocenters. The molecule has 0 aromatic rings. The van der Waals surface area contributed by atoms with Crippen LogP contribution in [0.4, 0.5) is 0 Å². The Kier molecular flexibility index (Phi) is 4.41. The summed E-state index contributed by atoms with van der Waals surface area (Å²) in [5, 5.41) is 19.6. The molecule has 1 saturated heterocycles. The molecule has 0 bridgehead atoms. The van der Waals surface area contributed by atoms with Crippen LogP contribution in [-0.4, -0.2) is 47.8 Å². The van der Waals surface area contributed by atoms with Crippen LogP contribution in [0, 0.1) is 18.3 Å². The Morgan fingerprint density at radius 2 is 2.12 bits per heavy atom. The summed E-state index contributed by atoms with van der Waals surface area (Å²) in [6.07, 6.45) is 6.63. The van der Waals surface area contributed by atoms with Gasteiger partial charge in [0.05, 0.1) is 25.4 Å². The van der Waals surface area contributed by atoms with E-state index in [1.165, 1.54) is 0 Å². The van der Waals surface area contributed by atoms with E-state index in [9.17, 15) is 10.2 Å². The maximum absolute atomic E-state index is 9.82. The van der Waals surface area contributed by atoms with Gasteiger partial charge in [0.15, 0.2) is 0 Å². The third-order valence-electron chi connectivity index (χ3n) is 3.42. The maximum Gasteiger partial charge on any atom is 0.110 e. The van der Waals surface area contributed by atoms with Crippen molar-refractivity contribution in [2.75, 3.05) is 13.2 Å². The number of hydrogen-bond donors (Lipinski definition) is 2. The zero-order valence-electron chi connectivity index (χ0n) is 9.92. The molecule has 17 heavy (non-hydrogen) atoms. The van der Waals surface area contributed by atoms with Gasteiger partial charge in [-0.1, -0.05) is 0 Å². The second kappa shape index (κ2) is 5.83. The molecular weight excluding hydrogens is 220 g/mol. The Bertz CT molecular complexity index is 282. The standard InChI is InChI=1S/C13H20O4/c1-2-3-6-16-8-12-13(15)10(14)7-11(17-12)9-4-5-9/h1,9-15H,3-8H2. The summed E-state index contributed by atoms with van der Waals surface area (Å²) in [6.45, 7) is 0.760. The molecule has 1 saturated carbocycles. The van der Waals surface area contributed by atoms with E-state index >= 15 is 0 Å². The van der Waals surface area contributed by atoms with Gasteiger partial charge >= 0.3 is 0 Å². The lowest BCUT2D eigenvalue weighted by atomic mass is 9.96. The largest absolute Gasteiger partial charge is 0.390 e. The topological polar surface area (TPSA) is 58.9 Å². The SMILES string of the molecule is C#CCCOCC1OC(C2CC2)CC(O)C1O. The Balaban J connectivity index is 1.79. The quantitative estimate of drug-likeness (QED) is 0.536. The maximum atomic E-state index is 9.82. The van der Waals surface area contributed by atoms with Crippen molar-refractivity contribution in [3.8, 4) is 12.3 Å². The summed E-state index contributed by atoms with van der Waals surface area (Å²) >= 11 is 0. The van der Waals surface area contributed by atoms with Crippen molar-refractivity contribution in [3.05, 3.63) is 0 Å². The minimum atomic E-state index is -0.851. The average Bonchev–Trinajstić information content (AvgIpc) is 3.13. The van der Waals surface area contributed by atoms with E-state index < -0.39 is 18.3 Å². The smallest absolute Gasteiger partial charge is 0.110 e. The highest BCUT2D eigenvalue weighted by Crippen LogP contribution is 2.39. The lowest BCUT2D eigenvalue weighted by Crippen LogP contribution is -2.50. The summed E-state index contributed by atoms with van der Waals surface area (Å²) in [5.74, 6) is 3.05. The molecule has 1 aliphatic carbocycles. The van der Waals surface area contributed by atoms with Crippen molar-refractivity contribution in [2.45, 2.75) is 50.1 Å². The van der Waals surface area contributed by atoms with Crippen LogP contribution >= 0.6 is 0 Å². The molecule has 0 aromatic carbocycles. The second-order valence-electron chi connectivity index (χ2n) is 4.87. The molecule has 1 heterocycles. The Hall–Kier alpha value is -0.600. The van der Waals surface area contributed by atoms with E-state index in [-0.39, 0.29) is 6.10 Å². The van der Waals surface area contributed by atoms with E-state index in [2.05, 4.69) is 5.92 Å². The molecule has 0 aromatic heterocycles. The Morgan fingerprint density at radius 3 is 2.76 bits per heavy atom. The van der Waals surface area contributed by atoms with E-state index in [4.69, 9.17) is 15.9 Å². The number of terminal acetylenes is 1. The molecule has 96 valence electrons. The minimum Gasteiger partial charge on any atom is -0.390 e. The van der Waals surface area contributed by atoms with Crippen LogP contribution in [0.2, 0.25) is 0 Å². The Labute approximate surface area is 102 Å². The summed E-state index contributed by atoms with van der Waals surface area (Å²) in [7, 11) is 0. The summed E-state index contributed by atoms with van der Waals surface area (Å²) in [6, 6.07) is 0. The zero-order chi connectivity index (χ0) is 12.3. The van der Waals surface area contributed by atoms with Gasteiger partial charge in [-0.2, -0.15) is 0 Å². The first-order valence-corrected chi connectivity index (χ1v) is 6.25. The van der Waals surface area contributed by atoms with Crippen LogP contribution in [0.5, 0.6) is 0 Å². The fourth-order valence-electron chi connectivity index (χ4n) is 2.23. The summed E-state index contributed by atoms with van der Waals surface area (Å²) in [5.41, 5.74) is 0. The van der Waals surface area contributed by atoms with Crippen molar-refractivity contribution in [2.24, 2.45) is 5.92 Å². The minimum absolute atomic E-state index is 0.0784. The van der Waals surface area contributed by atoms with Gasteiger partial charge in [-0.25, -0.2) is 0 Å². The monoisotopic (exact) mass is 240 g/mol. The highest BCUT2D eigenvalue weighted by molar-refractivity contribution is 4.92. The predicted molar refractivity (Wildman–Crippen MR) is 62.3 cm³/mol. The van der Waals surface area contributed by atoms with Crippen LogP contribution in [0.3, 0.4) is 0 Å². The van der Waals surface area contributed by atoms with Crippen LogP contribution in [0.25, 0.3) is 0 Å². The molecule has 2 fully saturated rings. The van der Waals surface area contributed by atoms with Crippen molar-refractivity contribution >= 4 is 0 Å². The average molecular weight is 240 g/mol. The first-order valence-electron chi connectivity index (χ1n) is 6.25. The molecule has 1 aliphatic heterocycles. The molecule has 0 radical (unpaired) electrons. The third kappa shape index (κ3) is 3.43. The van der Waals surface area contributed by atoms with Gasteiger partial charge in [0.25, 0.3) is 0 Å². The summed E-state index contributed by atoms with van der Waals surface area (Å²) in [4.78, 5) is 0. The molecule has 0 amide bonds. The van der Waals surface area contributed by atoms with E-state index in [1.807, 2.05) is 0 Å². The number of aliphatic hydroxyl groups is 2. The molecule has 4 nitrogen and oxygen atoms in total. The first kappa shape index (κ1) is 12.8. The predicted octanol–water partition coefficient (Wildman–Crippen LogP) is 0.316. The van der Waals surface area contributed by atoms with Gasteiger partial charge in [0.2, 0.25) is 0 Å². The normalized spacial score (nSPS) is 37.7. The lowest BCUT2D eigenvalue weighted by molar-refractivity contribution is -0.189. The highest BCUT2D eigenvalue weighted by Gasteiger charge is 2.43. The molecule has 0 spiro atoms. The fourth-order valence-corrected chi connectivity index (χ4v) is 2.23. The second-order valence-corrected chi connectivity index (χ2v) is 4.87. The van der Waals surface area contributed by atoms with Gasteiger partial charge in [0.1, 0.15) is 12.2 Å². The zero-order valence-corrected chi connectivity index (χ0v) is 9.92. The van der Waals surface area contributed by atoms with Crippen LogP contribution < -0.4 is 0 Å². The van der Waals surface area contributed by atoms with E-state index in [1.54, 1.807) is 0 Å². The van der Waals surface area contributed by atoms with Crippen molar-refractivity contribution < 1.29 is 19.7 Å². The molecule has 4 heteroatoms. The molecule has 2 N–H and O–H groups in total. The van der Waals surface area contributed by atoms with Gasteiger partial charge in [0, 0.05) is 12.8 Å². The number of aliphatic hydroxyl groups excluding tert-OH is 2. The molecule has 2 rings (SSSR count). The van der Waals surface area contributed by atoms with Gasteiger partial charge in [-0.3, -0.25) is 0 Å². The Morgan fingerprint density at radius 1 is 1.35 bits per heavy atom. The van der Waals surface area contributed by atoms with Crippen LogP contribution in [0.1, 0.15) is 25.7 Å². The summed E-state index contributed by atoms with van der Waals surface area (Å²) < 4.78 is 11.1. The van der Waals surface area contributed by atoms with Crippen molar-refractivity contribution in [1.29, 1.82) is 0 Å². The van der Waals surface area contributed by atoms with Crippen LogP contribution in [0.15, 0.2) is 0 Å². The van der Waals surface area contributed by atoms with Gasteiger partial charge < -0.3 is 19.7 Å². The highest BCUT2D eigenvalue weighted by atomic mass is 16.6. The number of rotatable bonds is 5. The molecule has 2 aliphatic rings. The third-order valence-corrected chi connectivity index (χ3v) is 3.42. The van der Waals surface area contributed by atoms with E-state index in [0.29, 0.717) is 32.0 Å². The lowest BCUT2D eigenvalue weighted by Gasteiger charge is -2.37. The van der Waals surface area contributed by atoms with Crippen LogP contribution in [-0.2, 0) is 9.47 Å². The van der Waals surface area contributed by atoms with Crippen molar-refractivity contribution in [1.82, 2.24) is 0 Å². The van der Waals surface area contributed by atoms with Gasteiger partial charge in [-0.05, 0) is 18.8 Å². The van der Waals surface area contributed by atoms with Crippen molar-refractivity contribution in [3.63, 3.8) is 0 Å². The van der Waals surface area contributed by atoms with E-state index in [0.717, 1.165) is 12.8 Å². The fraction of sp³-hybridized carbons (Fsp3) is 0.846.